The van der Waals surface area contributed by atoms with Crippen molar-refractivity contribution < 1.29 is 23.1 Å². The van der Waals surface area contributed by atoms with E-state index >= 15 is 0 Å². The van der Waals surface area contributed by atoms with Crippen LogP contribution in [0.4, 0.5) is 0 Å². The molecule has 1 amide bonds. The number of amides is 1. The molecular formula is C24H34N2O5S. The Morgan fingerprint density at radius 1 is 1.34 bits per heavy atom. The first kappa shape index (κ1) is 23.3. The maximum atomic E-state index is 13.5. The van der Waals surface area contributed by atoms with E-state index in [0.29, 0.717) is 12.3 Å². The van der Waals surface area contributed by atoms with Crippen LogP contribution < -0.4 is 4.74 Å². The zero-order chi connectivity index (χ0) is 23.0. The maximum absolute atomic E-state index is 13.5. The van der Waals surface area contributed by atoms with Crippen molar-refractivity contribution in [2.45, 2.75) is 63.0 Å². The molecule has 0 saturated heterocycles. The number of carbonyl (C=O) groups excluding carboxylic acids is 1. The summed E-state index contributed by atoms with van der Waals surface area (Å²) in [5.41, 5.74) is 2.19. The van der Waals surface area contributed by atoms with Crippen LogP contribution in [0.15, 0.2) is 29.2 Å². The van der Waals surface area contributed by atoms with Crippen LogP contribution in [0.2, 0.25) is 0 Å². The van der Waals surface area contributed by atoms with Crippen molar-refractivity contribution in [2.75, 3.05) is 26.7 Å². The van der Waals surface area contributed by atoms with E-state index in [1.165, 1.54) is 9.88 Å². The second-order valence-corrected chi connectivity index (χ2v) is 11.4. The Kier molecular flexibility index (Phi) is 6.66. The fourth-order valence-electron chi connectivity index (χ4n) is 4.58. The molecule has 0 spiro atoms. The first-order valence-electron chi connectivity index (χ1n) is 11.6. The van der Waals surface area contributed by atoms with E-state index in [4.69, 9.17) is 4.74 Å². The summed E-state index contributed by atoms with van der Waals surface area (Å²) >= 11 is 0. The van der Waals surface area contributed by atoms with Crippen molar-refractivity contribution >= 4 is 21.5 Å². The fraction of sp³-hybridized carbons (Fsp3) is 0.625. The van der Waals surface area contributed by atoms with Gasteiger partial charge in [0, 0.05) is 31.5 Å². The highest BCUT2D eigenvalue weighted by molar-refractivity contribution is 7.89. The van der Waals surface area contributed by atoms with Gasteiger partial charge in [0.1, 0.15) is 16.7 Å². The van der Waals surface area contributed by atoms with Crippen molar-refractivity contribution in [2.24, 2.45) is 11.8 Å². The smallest absolute Gasteiger partial charge is 0.247 e. The molecule has 1 aliphatic heterocycles. The fourth-order valence-corrected chi connectivity index (χ4v) is 6.40. The first-order chi connectivity index (χ1) is 15.2. The van der Waals surface area contributed by atoms with Gasteiger partial charge in [0.25, 0.3) is 0 Å². The van der Waals surface area contributed by atoms with Gasteiger partial charge < -0.3 is 14.7 Å². The minimum absolute atomic E-state index is 0.114. The molecule has 1 saturated carbocycles. The molecule has 176 valence electrons. The van der Waals surface area contributed by atoms with E-state index in [2.05, 4.69) is 6.08 Å². The third-order valence-electron chi connectivity index (χ3n) is 6.84. The molecule has 2 aliphatic carbocycles. The zero-order valence-corrected chi connectivity index (χ0v) is 20.0. The van der Waals surface area contributed by atoms with Crippen molar-refractivity contribution in [3.63, 3.8) is 0 Å². The molecule has 1 N–H and O–H groups in total. The van der Waals surface area contributed by atoms with Crippen molar-refractivity contribution in [3.05, 3.63) is 29.8 Å². The molecule has 3 atom stereocenters. The van der Waals surface area contributed by atoms with Gasteiger partial charge in [0.2, 0.25) is 15.9 Å². The molecule has 1 fully saturated rings. The molecule has 1 aromatic carbocycles. The van der Waals surface area contributed by atoms with Gasteiger partial charge in [-0.3, -0.25) is 4.79 Å². The molecule has 32 heavy (non-hydrogen) atoms. The number of nitrogens with zero attached hydrogens (tertiary/aromatic N) is 2. The van der Waals surface area contributed by atoms with Crippen LogP contribution in [0.5, 0.6) is 5.75 Å². The van der Waals surface area contributed by atoms with E-state index < -0.39 is 16.1 Å². The molecule has 1 aromatic rings. The number of aliphatic hydroxyl groups excluding tert-OH is 1. The number of benzene rings is 1. The zero-order valence-electron chi connectivity index (χ0n) is 19.2. The quantitative estimate of drug-likeness (QED) is 0.702. The monoisotopic (exact) mass is 462 g/mol. The largest absolute Gasteiger partial charge is 0.487 e. The number of aliphatic hydroxyl groups is 1. The van der Waals surface area contributed by atoms with Gasteiger partial charge in [0.15, 0.2) is 0 Å². The highest BCUT2D eigenvalue weighted by atomic mass is 32.2. The lowest BCUT2D eigenvalue weighted by Gasteiger charge is -2.37. The summed E-state index contributed by atoms with van der Waals surface area (Å²) in [5, 5.41) is 9.76. The highest BCUT2D eigenvalue weighted by Gasteiger charge is 2.39. The molecule has 8 heteroatoms. The summed E-state index contributed by atoms with van der Waals surface area (Å²) in [6.07, 6.45) is 6.80. The highest BCUT2D eigenvalue weighted by Crippen LogP contribution is 2.38. The number of sulfonamides is 1. The molecule has 0 unspecified atom stereocenters. The van der Waals surface area contributed by atoms with E-state index in [1.54, 1.807) is 24.9 Å². The number of likely N-dealkylation sites (N-methyl/N-ethyl adjacent to an activating group) is 1. The molecule has 0 bridgehead atoms. The SMILES string of the molecule is C[C@H](CO)N1C[C@H](C)[C@H](CN(C)C(=O)C2CC2)Oc2cc(C3=CCCC3)ccc2S1(=O)=O. The van der Waals surface area contributed by atoms with Crippen molar-refractivity contribution in [3.8, 4) is 5.75 Å². The molecule has 7 nitrogen and oxygen atoms in total. The van der Waals surface area contributed by atoms with E-state index in [9.17, 15) is 18.3 Å². The minimum atomic E-state index is -3.85. The van der Waals surface area contributed by atoms with Gasteiger partial charge in [-0.1, -0.05) is 19.1 Å². The summed E-state index contributed by atoms with van der Waals surface area (Å²) in [6.45, 7) is 4.00. The number of hydrogen-bond acceptors (Lipinski definition) is 5. The van der Waals surface area contributed by atoms with Gasteiger partial charge >= 0.3 is 0 Å². The van der Waals surface area contributed by atoms with E-state index in [-0.39, 0.29) is 41.9 Å². The average Bonchev–Trinajstić information content (AvgIpc) is 3.48. The van der Waals surface area contributed by atoms with Crippen LogP contribution in [0, 0.1) is 11.8 Å². The predicted octanol–water partition coefficient (Wildman–Crippen LogP) is 2.89. The summed E-state index contributed by atoms with van der Waals surface area (Å²) in [4.78, 5) is 14.4. The lowest BCUT2D eigenvalue weighted by atomic mass is 10.0. The molecular weight excluding hydrogens is 428 g/mol. The van der Waals surface area contributed by atoms with Gasteiger partial charge in [-0.25, -0.2) is 8.42 Å². The van der Waals surface area contributed by atoms with Crippen LogP contribution in [-0.4, -0.2) is 67.5 Å². The van der Waals surface area contributed by atoms with Crippen LogP contribution in [-0.2, 0) is 14.8 Å². The Hall–Kier alpha value is -1.90. The Labute approximate surface area is 191 Å². The van der Waals surface area contributed by atoms with E-state index in [0.717, 1.165) is 37.7 Å². The third kappa shape index (κ3) is 4.58. The molecule has 4 rings (SSSR count). The summed E-state index contributed by atoms with van der Waals surface area (Å²) in [6, 6.07) is 4.75. The van der Waals surface area contributed by atoms with Crippen LogP contribution in [0.3, 0.4) is 0 Å². The van der Waals surface area contributed by atoms with Gasteiger partial charge in [-0.05, 0) is 62.3 Å². The standard InChI is InChI=1S/C24H34N2O5S/c1-16-13-26(17(2)15-27)32(29,30)23-11-10-20(18-6-4-5-7-18)12-21(23)31-22(16)14-25(3)24(28)19-8-9-19/h6,10-12,16-17,19,22,27H,4-5,7-9,13-15H2,1-3H3/t16-,17+,22-/m0/s1. The maximum Gasteiger partial charge on any atom is 0.247 e. The number of carbonyl (C=O) groups is 1. The van der Waals surface area contributed by atoms with Crippen molar-refractivity contribution in [1.82, 2.24) is 9.21 Å². The van der Waals surface area contributed by atoms with Crippen LogP contribution >= 0.6 is 0 Å². The number of rotatable bonds is 6. The van der Waals surface area contributed by atoms with Gasteiger partial charge in [0.05, 0.1) is 13.2 Å². The second-order valence-electron chi connectivity index (χ2n) is 9.52. The van der Waals surface area contributed by atoms with Crippen LogP contribution in [0.25, 0.3) is 5.57 Å². The first-order valence-corrected chi connectivity index (χ1v) is 13.0. The molecule has 3 aliphatic rings. The number of allylic oxidation sites excluding steroid dienone is 2. The summed E-state index contributed by atoms with van der Waals surface area (Å²) in [5.74, 6) is 0.398. The summed E-state index contributed by atoms with van der Waals surface area (Å²) < 4.78 is 34.8. The molecule has 0 aromatic heterocycles. The Bertz CT molecular complexity index is 1000. The Morgan fingerprint density at radius 3 is 2.72 bits per heavy atom. The number of hydrogen-bond donors (Lipinski definition) is 1. The average molecular weight is 463 g/mol. The third-order valence-corrected chi connectivity index (χ3v) is 8.86. The van der Waals surface area contributed by atoms with Crippen LogP contribution in [0.1, 0.15) is 51.5 Å². The van der Waals surface area contributed by atoms with Gasteiger partial charge in [-0.2, -0.15) is 4.31 Å². The molecule has 1 heterocycles. The number of ether oxygens (including phenoxy) is 1. The number of fused-ring (bicyclic) bond motifs is 1. The Balaban J connectivity index is 1.73. The topological polar surface area (TPSA) is 87.2 Å². The normalized spacial score (nSPS) is 26.3. The van der Waals surface area contributed by atoms with Crippen molar-refractivity contribution in [1.29, 1.82) is 0 Å². The lowest BCUT2D eigenvalue weighted by Crippen LogP contribution is -2.50. The second kappa shape index (κ2) is 9.15. The lowest BCUT2D eigenvalue weighted by molar-refractivity contribution is -0.132. The minimum Gasteiger partial charge on any atom is -0.487 e. The molecule has 0 radical (unpaired) electrons. The van der Waals surface area contributed by atoms with E-state index in [1.807, 2.05) is 19.1 Å². The summed E-state index contributed by atoms with van der Waals surface area (Å²) in [7, 11) is -2.06. The predicted molar refractivity (Wildman–Crippen MR) is 123 cm³/mol. The van der Waals surface area contributed by atoms with Gasteiger partial charge in [-0.15, -0.1) is 0 Å². The Morgan fingerprint density at radius 2 is 2.09 bits per heavy atom.